The van der Waals surface area contributed by atoms with E-state index in [0.717, 1.165) is 17.9 Å². The normalized spacial score (nSPS) is 13.5. The minimum atomic E-state index is -0.495. The van der Waals surface area contributed by atoms with Crippen molar-refractivity contribution < 1.29 is 9.53 Å². The number of aromatic nitrogens is 2. The second kappa shape index (κ2) is 8.36. The van der Waals surface area contributed by atoms with Crippen LogP contribution in [0.25, 0.3) is 0 Å². The zero-order valence-electron chi connectivity index (χ0n) is 14.7. The molecular formula is C19H22ClN3O3. The molecule has 1 heterocycles. The van der Waals surface area contributed by atoms with Crippen LogP contribution in [0.1, 0.15) is 30.5 Å². The highest BCUT2D eigenvalue weighted by Gasteiger charge is 2.21. The number of halogens is 1. The van der Waals surface area contributed by atoms with Gasteiger partial charge < -0.3 is 10.1 Å². The number of benzene rings is 1. The lowest BCUT2D eigenvalue weighted by Gasteiger charge is -2.13. The quantitative estimate of drug-likeness (QED) is 0.717. The van der Waals surface area contributed by atoms with Crippen LogP contribution in [0.2, 0.25) is 5.15 Å². The van der Waals surface area contributed by atoms with Crippen molar-refractivity contribution in [1.82, 2.24) is 9.55 Å². The van der Waals surface area contributed by atoms with Crippen LogP contribution in [0.5, 0.6) is 0 Å². The maximum atomic E-state index is 12.6. The Morgan fingerprint density at radius 1 is 1.35 bits per heavy atom. The molecule has 1 aliphatic rings. The molecule has 138 valence electrons. The van der Waals surface area contributed by atoms with E-state index in [1.165, 1.54) is 17.4 Å². The highest BCUT2D eigenvalue weighted by Crippen LogP contribution is 2.31. The SMILES string of the molecule is Cc1c(Cl)nc(NCCC2CC2)c(=O)n1CC(=O)OCc1ccccc1. The fourth-order valence-corrected chi connectivity index (χ4v) is 2.82. The first-order valence-corrected chi connectivity index (χ1v) is 9.12. The molecule has 7 heteroatoms. The average Bonchev–Trinajstić information content (AvgIpc) is 3.46. The van der Waals surface area contributed by atoms with Crippen molar-refractivity contribution in [3.63, 3.8) is 0 Å². The first kappa shape index (κ1) is 18.5. The third-order valence-electron chi connectivity index (χ3n) is 4.43. The third kappa shape index (κ3) is 4.85. The molecule has 1 aliphatic carbocycles. The predicted molar refractivity (Wildman–Crippen MR) is 100 cm³/mol. The van der Waals surface area contributed by atoms with Gasteiger partial charge in [-0.05, 0) is 24.8 Å². The lowest BCUT2D eigenvalue weighted by molar-refractivity contribution is -0.145. The molecule has 0 unspecified atom stereocenters. The third-order valence-corrected chi connectivity index (χ3v) is 4.79. The number of carbonyl (C=O) groups excluding carboxylic acids is 1. The van der Waals surface area contributed by atoms with Crippen LogP contribution in [0.3, 0.4) is 0 Å². The van der Waals surface area contributed by atoms with Crippen molar-refractivity contribution in [3.05, 3.63) is 57.1 Å². The molecule has 1 saturated carbocycles. The van der Waals surface area contributed by atoms with Gasteiger partial charge in [0.05, 0.1) is 5.69 Å². The Kier molecular flexibility index (Phi) is 5.93. The molecule has 0 saturated heterocycles. The summed E-state index contributed by atoms with van der Waals surface area (Å²) in [4.78, 5) is 28.9. The molecule has 1 fully saturated rings. The lowest BCUT2D eigenvalue weighted by atomic mass is 10.2. The molecule has 1 N–H and O–H groups in total. The summed E-state index contributed by atoms with van der Waals surface area (Å²) in [5.74, 6) is 0.431. The molecular weight excluding hydrogens is 354 g/mol. The summed E-state index contributed by atoms with van der Waals surface area (Å²) in [6.45, 7) is 2.30. The average molecular weight is 376 g/mol. The number of hydrogen-bond acceptors (Lipinski definition) is 5. The van der Waals surface area contributed by atoms with Crippen molar-refractivity contribution in [2.45, 2.75) is 39.3 Å². The van der Waals surface area contributed by atoms with Gasteiger partial charge in [-0.3, -0.25) is 14.2 Å². The summed E-state index contributed by atoms with van der Waals surface area (Å²) in [6, 6.07) is 9.39. The van der Waals surface area contributed by atoms with E-state index in [1.807, 2.05) is 30.3 Å². The fraction of sp³-hybridized carbons (Fsp3) is 0.421. The summed E-state index contributed by atoms with van der Waals surface area (Å²) in [5, 5.41) is 3.25. The Bertz CT molecular complexity index is 832. The number of hydrogen-bond donors (Lipinski definition) is 1. The smallest absolute Gasteiger partial charge is 0.326 e. The van der Waals surface area contributed by atoms with Gasteiger partial charge in [0.15, 0.2) is 11.0 Å². The monoisotopic (exact) mass is 375 g/mol. The Balaban J connectivity index is 1.65. The van der Waals surface area contributed by atoms with Gasteiger partial charge in [-0.25, -0.2) is 4.98 Å². The maximum Gasteiger partial charge on any atom is 0.326 e. The highest BCUT2D eigenvalue weighted by atomic mass is 35.5. The predicted octanol–water partition coefficient (Wildman–Crippen LogP) is 3.16. The number of nitrogens with zero attached hydrogens (tertiary/aromatic N) is 2. The number of nitrogens with one attached hydrogen (secondary N) is 1. The van der Waals surface area contributed by atoms with E-state index in [0.29, 0.717) is 12.2 Å². The van der Waals surface area contributed by atoms with Crippen molar-refractivity contribution >= 4 is 23.4 Å². The first-order valence-electron chi connectivity index (χ1n) is 8.75. The zero-order chi connectivity index (χ0) is 18.5. The van der Waals surface area contributed by atoms with E-state index in [9.17, 15) is 9.59 Å². The maximum absolute atomic E-state index is 12.6. The number of ether oxygens (including phenoxy) is 1. The molecule has 1 aromatic heterocycles. The molecule has 0 aliphatic heterocycles. The summed E-state index contributed by atoms with van der Waals surface area (Å²) in [5.41, 5.74) is 0.973. The molecule has 0 atom stereocenters. The van der Waals surface area contributed by atoms with Crippen molar-refractivity contribution in [2.75, 3.05) is 11.9 Å². The van der Waals surface area contributed by atoms with Crippen LogP contribution < -0.4 is 10.9 Å². The van der Waals surface area contributed by atoms with Crippen LogP contribution >= 0.6 is 11.6 Å². The van der Waals surface area contributed by atoms with Crippen molar-refractivity contribution in [3.8, 4) is 0 Å². The van der Waals surface area contributed by atoms with Crippen LogP contribution in [-0.2, 0) is 22.7 Å². The summed E-state index contributed by atoms with van der Waals surface area (Å²) in [6.07, 6.45) is 3.51. The number of carbonyl (C=O) groups is 1. The molecule has 0 radical (unpaired) electrons. The van der Waals surface area contributed by atoms with Gasteiger partial charge in [0.1, 0.15) is 13.2 Å². The van der Waals surface area contributed by atoms with E-state index < -0.39 is 5.97 Å². The number of anilines is 1. The van der Waals surface area contributed by atoms with E-state index in [1.54, 1.807) is 6.92 Å². The Hall–Kier alpha value is -2.34. The molecule has 1 aromatic carbocycles. The Morgan fingerprint density at radius 3 is 2.77 bits per heavy atom. The minimum absolute atomic E-state index is 0.165. The molecule has 26 heavy (non-hydrogen) atoms. The van der Waals surface area contributed by atoms with Crippen LogP contribution in [0.4, 0.5) is 5.82 Å². The minimum Gasteiger partial charge on any atom is -0.459 e. The zero-order valence-corrected chi connectivity index (χ0v) is 15.5. The summed E-state index contributed by atoms with van der Waals surface area (Å²) in [7, 11) is 0. The standard InChI is InChI=1S/C19H22ClN3O3/c1-13-17(20)22-18(21-10-9-14-7-8-14)19(25)23(13)11-16(24)26-12-15-5-3-2-4-6-15/h2-6,14H,7-12H2,1H3,(H,21,22). The van der Waals surface area contributed by atoms with Crippen molar-refractivity contribution in [1.29, 1.82) is 0 Å². The Morgan fingerprint density at radius 2 is 2.08 bits per heavy atom. The number of rotatable bonds is 8. The molecule has 6 nitrogen and oxygen atoms in total. The van der Waals surface area contributed by atoms with E-state index >= 15 is 0 Å². The second-order valence-electron chi connectivity index (χ2n) is 6.53. The van der Waals surface area contributed by atoms with Gasteiger partial charge >= 0.3 is 5.97 Å². The highest BCUT2D eigenvalue weighted by molar-refractivity contribution is 6.30. The molecule has 0 bridgehead atoms. The van der Waals surface area contributed by atoms with Gasteiger partial charge in [-0.2, -0.15) is 0 Å². The van der Waals surface area contributed by atoms with Gasteiger partial charge in [-0.15, -0.1) is 0 Å². The molecule has 0 amide bonds. The topological polar surface area (TPSA) is 73.2 Å². The number of esters is 1. The molecule has 3 rings (SSSR count). The largest absolute Gasteiger partial charge is 0.459 e. The summed E-state index contributed by atoms with van der Waals surface area (Å²) < 4.78 is 6.57. The lowest BCUT2D eigenvalue weighted by Crippen LogP contribution is -2.30. The molecule has 0 spiro atoms. The van der Waals surface area contributed by atoms with Gasteiger partial charge in [0, 0.05) is 6.54 Å². The van der Waals surface area contributed by atoms with Crippen LogP contribution in [-0.4, -0.2) is 22.1 Å². The van der Waals surface area contributed by atoms with E-state index in [4.69, 9.17) is 16.3 Å². The first-order chi connectivity index (χ1) is 12.5. The summed E-state index contributed by atoms with van der Waals surface area (Å²) >= 11 is 6.14. The Labute approximate surface area is 157 Å². The second-order valence-corrected chi connectivity index (χ2v) is 6.89. The van der Waals surface area contributed by atoms with Crippen molar-refractivity contribution in [2.24, 2.45) is 5.92 Å². The van der Waals surface area contributed by atoms with Gasteiger partial charge in [0.2, 0.25) is 0 Å². The van der Waals surface area contributed by atoms with E-state index in [2.05, 4.69) is 10.3 Å². The van der Waals surface area contributed by atoms with E-state index in [-0.39, 0.29) is 29.7 Å². The van der Waals surface area contributed by atoms with Crippen LogP contribution in [0, 0.1) is 12.8 Å². The molecule has 2 aromatic rings. The van der Waals surface area contributed by atoms with Gasteiger partial charge in [-0.1, -0.05) is 54.8 Å². The van der Waals surface area contributed by atoms with Gasteiger partial charge in [0.25, 0.3) is 5.56 Å². The van der Waals surface area contributed by atoms with Crippen LogP contribution in [0.15, 0.2) is 35.1 Å². The fourth-order valence-electron chi connectivity index (χ4n) is 2.64.